The molecule has 1 atom stereocenters. The van der Waals surface area contributed by atoms with E-state index in [1.165, 1.54) is 0 Å². The second-order valence-corrected chi connectivity index (χ2v) is 8.26. The molecule has 132 valence electrons. The predicted octanol–water partition coefficient (Wildman–Crippen LogP) is 3.70. The molecular weight excluding hydrogens is 290 g/mol. The molecule has 5 heteroatoms. The molecular formula is C18H33N3O2. The topological polar surface area (TPSA) is 65.4 Å². The highest BCUT2D eigenvalue weighted by Crippen LogP contribution is 2.23. The Morgan fingerprint density at radius 3 is 2.65 bits per heavy atom. The summed E-state index contributed by atoms with van der Waals surface area (Å²) in [6.45, 7) is 12.7. The second-order valence-electron chi connectivity index (χ2n) is 8.26. The lowest BCUT2D eigenvalue weighted by Gasteiger charge is -2.29. The van der Waals surface area contributed by atoms with Gasteiger partial charge in [-0.2, -0.15) is 5.26 Å². The molecule has 1 heterocycles. The standard InChI is InChI=1S/C18H33N3O2/c1-17(2,3)23-16(22)21-13-6-8-15(21)9-12-20-14-18(4,5)10-7-11-19/h15,20H,6-10,12-14H2,1-5H3. The Labute approximate surface area is 141 Å². The number of likely N-dealkylation sites (tertiary alicyclic amines) is 1. The quantitative estimate of drug-likeness (QED) is 0.726. The molecule has 0 aromatic rings. The van der Waals surface area contributed by atoms with Crippen molar-refractivity contribution in [3.05, 3.63) is 0 Å². The average Bonchev–Trinajstić information content (AvgIpc) is 2.88. The highest BCUT2D eigenvalue weighted by Gasteiger charge is 2.31. The van der Waals surface area contributed by atoms with Crippen LogP contribution in [0.2, 0.25) is 0 Å². The number of ether oxygens (including phenoxy) is 1. The van der Waals surface area contributed by atoms with Crippen LogP contribution < -0.4 is 5.32 Å². The number of amides is 1. The molecule has 0 aromatic heterocycles. The normalized spacial score (nSPS) is 18.8. The van der Waals surface area contributed by atoms with Crippen LogP contribution in [0.1, 0.15) is 66.7 Å². The van der Waals surface area contributed by atoms with E-state index in [4.69, 9.17) is 10.00 Å². The van der Waals surface area contributed by atoms with Crippen molar-refractivity contribution in [1.29, 1.82) is 5.26 Å². The van der Waals surface area contributed by atoms with Crippen LogP contribution in [-0.4, -0.2) is 42.3 Å². The lowest BCUT2D eigenvalue weighted by molar-refractivity contribution is 0.0220. The number of hydrogen-bond acceptors (Lipinski definition) is 4. The molecule has 0 bridgehead atoms. The van der Waals surface area contributed by atoms with E-state index in [1.807, 2.05) is 25.7 Å². The van der Waals surface area contributed by atoms with E-state index >= 15 is 0 Å². The molecule has 1 rings (SSSR count). The monoisotopic (exact) mass is 323 g/mol. The summed E-state index contributed by atoms with van der Waals surface area (Å²) in [5, 5.41) is 12.2. The lowest BCUT2D eigenvalue weighted by Crippen LogP contribution is -2.41. The minimum absolute atomic E-state index is 0.135. The van der Waals surface area contributed by atoms with Gasteiger partial charge < -0.3 is 15.0 Å². The van der Waals surface area contributed by atoms with Gasteiger partial charge in [-0.25, -0.2) is 4.79 Å². The van der Waals surface area contributed by atoms with Crippen LogP contribution in [0.25, 0.3) is 0 Å². The third kappa shape index (κ3) is 7.69. The minimum atomic E-state index is -0.437. The first-order valence-corrected chi connectivity index (χ1v) is 8.72. The van der Waals surface area contributed by atoms with Crippen LogP contribution in [0.4, 0.5) is 4.79 Å². The van der Waals surface area contributed by atoms with E-state index in [0.717, 1.165) is 45.3 Å². The summed E-state index contributed by atoms with van der Waals surface area (Å²) in [5.74, 6) is 0. The molecule has 0 radical (unpaired) electrons. The third-order valence-corrected chi connectivity index (χ3v) is 4.18. The van der Waals surface area contributed by atoms with Crippen LogP contribution in [0.15, 0.2) is 0 Å². The maximum absolute atomic E-state index is 12.2. The fraction of sp³-hybridized carbons (Fsp3) is 0.889. The van der Waals surface area contributed by atoms with Gasteiger partial charge in [0.25, 0.3) is 0 Å². The first-order valence-electron chi connectivity index (χ1n) is 8.72. The number of hydrogen-bond donors (Lipinski definition) is 1. The number of carbonyl (C=O) groups excluding carboxylic acids is 1. The van der Waals surface area contributed by atoms with Gasteiger partial charge in [-0.3, -0.25) is 0 Å². The van der Waals surface area contributed by atoms with Gasteiger partial charge in [-0.05, 0) is 58.4 Å². The summed E-state index contributed by atoms with van der Waals surface area (Å²) in [7, 11) is 0. The minimum Gasteiger partial charge on any atom is -0.444 e. The Morgan fingerprint density at radius 2 is 2.04 bits per heavy atom. The largest absolute Gasteiger partial charge is 0.444 e. The van der Waals surface area contributed by atoms with Gasteiger partial charge >= 0.3 is 6.09 Å². The zero-order valence-corrected chi connectivity index (χ0v) is 15.4. The number of rotatable bonds is 7. The van der Waals surface area contributed by atoms with E-state index in [-0.39, 0.29) is 17.6 Å². The molecule has 1 aliphatic heterocycles. The summed E-state index contributed by atoms with van der Waals surface area (Å²) >= 11 is 0. The maximum atomic E-state index is 12.2. The summed E-state index contributed by atoms with van der Waals surface area (Å²) in [6, 6.07) is 2.49. The van der Waals surface area contributed by atoms with Gasteiger partial charge in [0, 0.05) is 25.6 Å². The zero-order chi connectivity index (χ0) is 17.5. The number of nitriles is 1. The average molecular weight is 323 g/mol. The Morgan fingerprint density at radius 1 is 1.35 bits per heavy atom. The molecule has 0 aromatic carbocycles. The zero-order valence-electron chi connectivity index (χ0n) is 15.4. The number of nitrogens with zero attached hydrogens (tertiary/aromatic N) is 2. The maximum Gasteiger partial charge on any atom is 0.410 e. The summed E-state index contributed by atoms with van der Waals surface area (Å²) in [6.07, 6.45) is 4.38. The molecule has 0 aliphatic carbocycles. The van der Waals surface area contributed by atoms with E-state index < -0.39 is 5.60 Å². The molecule has 1 N–H and O–H groups in total. The fourth-order valence-corrected chi connectivity index (χ4v) is 2.87. The van der Waals surface area contributed by atoms with Gasteiger partial charge in [-0.15, -0.1) is 0 Å². The van der Waals surface area contributed by atoms with Gasteiger partial charge in [-0.1, -0.05) is 13.8 Å². The van der Waals surface area contributed by atoms with Crippen molar-refractivity contribution in [2.24, 2.45) is 5.41 Å². The van der Waals surface area contributed by atoms with Crippen molar-refractivity contribution in [2.75, 3.05) is 19.6 Å². The molecule has 0 spiro atoms. The van der Waals surface area contributed by atoms with Crippen molar-refractivity contribution in [2.45, 2.75) is 78.4 Å². The number of carbonyl (C=O) groups is 1. The van der Waals surface area contributed by atoms with Crippen LogP contribution in [0.3, 0.4) is 0 Å². The van der Waals surface area contributed by atoms with Crippen LogP contribution in [0, 0.1) is 16.7 Å². The van der Waals surface area contributed by atoms with Gasteiger partial charge in [0.2, 0.25) is 0 Å². The predicted molar refractivity (Wildman–Crippen MR) is 92.1 cm³/mol. The second kappa shape index (κ2) is 8.54. The Balaban J connectivity index is 2.34. The molecule has 1 unspecified atom stereocenters. The third-order valence-electron chi connectivity index (χ3n) is 4.18. The Kier molecular flexibility index (Phi) is 7.34. The van der Waals surface area contributed by atoms with Crippen LogP contribution in [0.5, 0.6) is 0 Å². The van der Waals surface area contributed by atoms with Crippen LogP contribution >= 0.6 is 0 Å². The van der Waals surface area contributed by atoms with Crippen molar-refractivity contribution in [3.8, 4) is 6.07 Å². The smallest absolute Gasteiger partial charge is 0.410 e. The van der Waals surface area contributed by atoms with Crippen molar-refractivity contribution >= 4 is 6.09 Å². The summed E-state index contributed by atoms with van der Waals surface area (Å²) in [4.78, 5) is 14.1. The van der Waals surface area contributed by atoms with E-state index in [0.29, 0.717) is 6.42 Å². The molecule has 0 saturated carbocycles. The van der Waals surface area contributed by atoms with E-state index in [1.54, 1.807) is 0 Å². The SMILES string of the molecule is CC(C)(CCC#N)CNCCC1CCCN1C(=O)OC(C)(C)C. The summed E-state index contributed by atoms with van der Waals surface area (Å²) in [5.41, 5.74) is -0.302. The lowest BCUT2D eigenvalue weighted by atomic mass is 9.88. The van der Waals surface area contributed by atoms with Gasteiger partial charge in [0.1, 0.15) is 5.60 Å². The van der Waals surface area contributed by atoms with Crippen molar-refractivity contribution < 1.29 is 9.53 Å². The highest BCUT2D eigenvalue weighted by molar-refractivity contribution is 5.68. The molecule has 1 aliphatic rings. The molecule has 1 saturated heterocycles. The van der Waals surface area contributed by atoms with Gasteiger partial charge in [0.15, 0.2) is 0 Å². The molecule has 1 amide bonds. The first kappa shape index (κ1) is 19.8. The van der Waals surface area contributed by atoms with Gasteiger partial charge in [0.05, 0.1) is 6.07 Å². The molecule has 1 fully saturated rings. The fourth-order valence-electron chi connectivity index (χ4n) is 2.87. The Hall–Kier alpha value is -1.28. The van der Waals surface area contributed by atoms with Crippen LogP contribution in [-0.2, 0) is 4.74 Å². The highest BCUT2D eigenvalue weighted by atomic mass is 16.6. The van der Waals surface area contributed by atoms with Crippen molar-refractivity contribution in [1.82, 2.24) is 10.2 Å². The number of nitrogens with one attached hydrogen (secondary N) is 1. The first-order chi connectivity index (χ1) is 10.6. The van der Waals surface area contributed by atoms with E-state index in [2.05, 4.69) is 25.2 Å². The summed E-state index contributed by atoms with van der Waals surface area (Å²) < 4.78 is 5.49. The molecule has 5 nitrogen and oxygen atoms in total. The molecule has 23 heavy (non-hydrogen) atoms. The Bertz CT molecular complexity index is 421. The van der Waals surface area contributed by atoms with E-state index in [9.17, 15) is 4.79 Å². The van der Waals surface area contributed by atoms with Crippen molar-refractivity contribution in [3.63, 3.8) is 0 Å².